The van der Waals surface area contributed by atoms with Crippen molar-refractivity contribution >= 4 is 5.69 Å². The second-order valence-corrected chi connectivity index (χ2v) is 5.25. The minimum Gasteiger partial charge on any atom is -0.376 e. The van der Waals surface area contributed by atoms with Crippen LogP contribution in [0.1, 0.15) is 37.3 Å². The van der Waals surface area contributed by atoms with Crippen LogP contribution in [0.2, 0.25) is 0 Å². The van der Waals surface area contributed by atoms with Crippen LogP contribution in [0.25, 0.3) is 5.69 Å². The quantitative estimate of drug-likeness (QED) is 0.715. The number of anilines is 1. The van der Waals surface area contributed by atoms with E-state index in [1.165, 1.54) is 0 Å². The second kappa shape index (κ2) is 6.99. The summed E-state index contributed by atoms with van der Waals surface area (Å²) in [5.41, 5.74) is 1.83. The van der Waals surface area contributed by atoms with Crippen molar-refractivity contribution in [1.82, 2.24) is 30.3 Å². The van der Waals surface area contributed by atoms with Gasteiger partial charge in [-0.3, -0.25) is 0 Å². The topological polar surface area (TPSA) is 94.6 Å². The molecule has 0 bridgehead atoms. The highest BCUT2D eigenvalue weighted by atomic mass is 16.5. The third kappa shape index (κ3) is 3.71. The Kier molecular flexibility index (Phi) is 4.60. The predicted molar refractivity (Wildman–Crippen MR) is 84.1 cm³/mol. The van der Waals surface area contributed by atoms with E-state index in [1.807, 2.05) is 31.2 Å². The number of rotatable bonds is 7. The Labute approximate surface area is 133 Å². The average molecular weight is 313 g/mol. The van der Waals surface area contributed by atoms with Crippen LogP contribution in [-0.2, 0) is 13.0 Å². The summed E-state index contributed by atoms with van der Waals surface area (Å²) in [5, 5.41) is 18.8. The van der Waals surface area contributed by atoms with Gasteiger partial charge in [0.25, 0.3) is 0 Å². The van der Waals surface area contributed by atoms with Crippen molar-refractivity contribution in [3.63, 3.8) is 0 Å². The zero-order valence-corrected chi connectivity index (χ0v) is 13.2. The molecule has 0 aliphatic carbocycles. The molecule has 1 N–H and O–H groups in total. The third-order valence-electron chi connectivity index (χ3n) is 3.42. The molecule has 3 rings (SSSR count). The first-order chi connectivity index (χ1) is 11.3. The summed E-state index contributed by atoms with van der Waals surface area (Å²) in [6.07, 6.45) is 3.04. The first-order valence-corrected chi connectivity index (χ1v) is 7.67. The molecule has 0 atom stereocenters. The fourth-order valence-corrected chi connectivity index (χ4v) is 2.19. The van der Waals surface area contributed by atoms with Crippen molar-refractivity contribution < 1.29 is 4.52 Å². The SMILES string of the molecule is CCCCc1noc(CNc2cccc(-n3nnnc3C)c2)n1. The number of nitrogens with zero attached hydrogens (tertiary/aromatic N) is 6. The molecule has 0 spiro atoms. The molecule has 0 saturated heterocycles. The van der Waals surface area contributed by atoms with E-state index in [1.54, 1.807) is 4.68 Å². The van der Waals surface area contributed by atoms with Gasteiger partial charge in [-0.15, -0.1) is 5.10 Å². The van der Waals surface area contributed by atoms with Gasteiger partial charge in [0, 0.05) is 12.1 Å². The van der Waals surface area contributed by atoms with Crippen LogP contribution in [0.5, 0.6) is 0 Å². The van der Waals surface area contributed by atoms with Gasteiger partial charge in [-0.05, 0) is 42.0 Å². The number of hydrogen-bond donors (Lipinski definition) is 1. The van der Waals surface area contributed by atoms with E-state index >= 15 is 0 Å². The Bertz CT molecular complexity index is 765. The molecular weight excluding hydrogens is 294 g/mol. The maximum atomic E-state index is 5.24. The zero-order valence-electron chi connectivity index (χ0n) is 13.2. The van der Waals surface area contributed by atoms with Crippen LogP contribution in [-0.4, -0.2) is 30.3 Å². The second-order valence-electron chi connectivity index (χ2n) is 5.25. The van der Waals surface area contributed by atoms with E-state index in [9.17, 15) is 0 Å². The highest BCUT2D eigenvalue weighted by molar-refractivity contribution is 5.50. The summed E-state index contributed by atoms with van der Waals surface area (Å²) in [5.74, 6) is 2.08. The van der Waals surface area contributed by atoms with Crippen LogP contribution in [0.15, 0.2) is 28.8 Å². The summed E-state index contributed by atoms with van der Waals surface area (Å²) < 4.78 is 6.93. The lowest BCUT2D eigenvalue weighted by Gasteiger charge is -2.06. The van der Waals surface area contributed by atoms with E-state index in [-0.39, 0.29) is 0 Å². The number of benzene rings is 1. The first-order valence-electron chi connectivity index (χ1n) is 7.67. The summed E-state index contributed by atoms with van der Waals surface area (Å²) in [7, 11) is 0. The van der Waals surface area contributed by atoms with Crippen molar-refractivity contribution in [3.05, 3.63) is 41.8 Å². The normalized spacial score (nSPS) is 10.9. The molecule has 8 heteroatoms. The van der Waals surface area contributed by atoms with E-state index in [2.05, 4.69) is 37.9 Å². The predicted octanol–water partition coefficient (Wildman–Crippen LogP) is 2.31. The molecule has 120 valence electrons. The van der Waals surface area contributed by atoms with Crippen LogP contribution >= 0.6 is 0 Å². The highest BCUT2D eigenvalue weighted by Crippen LogP contribution is 2.15. The molecular formula is C15H19N7O. The molecule has 0 aliphatic heterocycles. The van der Waals surface area contributed by atoms with Crippen LogP contribution < -0.4 is 5.32 Å². The lowest BCUT2D eigenvalue weighted by Crippen LogP contribution is -2.03. The van der Waals surface area contributed by atoms with Crippen molar-refractivity contribution in [1.29, 1.82) is 0 Å². The van der Waals surface area contributed by atoms with Gasteiger partial charge in [0.1, 0.15) is 0 Å². The first kappa shape index (κ1) is 15.1. The molecule has 0 unspecified atom stereocenters. The lowest BCUT2D eigenvalue weighted by molar-refractivity contribution is 0.377. The fourth-order valence-electron chi connectivity index (χ4n) is 2.19. The Morgan fingerprint density at radius 1 is 1.30 bits per heavy atom. The van der Waals surface area contributed by atoms with Crippen molar-refractivity contribution in [3.8, 4) is 5.69 Å². The molecule has 2 aromatic heterocycles. The van der Waals surface area contributed by atoms with Gasteiger partial charge in [0.05, 0.1) is 12.2 Å². The minimum atomic E-state index is 0.483. The zero-order chi connectivity index (χ0) is 16.1. The molecule has 0 aliphatic rings. The molecule has 8 nitrogen and oxygen atoms in total. The molecule has 1 aromatic carbocycles. The number of unbranched alkanes of at least 4 members (excludes halogenated alkanes) is 1. The maximum Gasteiger partial charge on any atom is 0.245 e. The van der Waals surface area contributed by atoms with Gasteiger partial charge >= 0.3 is 0 Å². The number of tetrazole rings is 1. The van der Waals surface area contributed by atoms with Gasteiger partial charge in [-0.2, -0.15) is 9.67 Å². The van der Waals surface area contributed by atoms with E-state index in [0.29, 0.717) is 12.4 Å². The molecule has 23 heavy (non-hydrogen) atoms. The van der Waals surface area contributed by atoms with Crippen LogP contribution in [0.3, 0.4) is 0 Å². The molecule has 3 aromatic rings. The lowest BCUT2D eigenvalue weighted by atomic mass is 10.2. The third-order valence-corrected chi connectivity index (χ3v) is 3.42. The highest BCUT2D eigenvalue weighted by Gasteiger charge is 2.07. The Morgan fingerprint density at radius 2 is 2.22 bits per heavy atom. The average Bonchev–Trinajstić information content (AvgIpc) is 3.20. The van der Waals surface area contributed by atoms with Crippen LogP contribution in [0.4, 0.5) is 5.69 Å². The van der Waals surface area contributed by atoms with Crippen molar-refractivity contribution in [2.75, 3.05) is 5.32 Å². The number of aromatic nitrogens is 6. The molecule has 0 saturated carbocycles. The van der Waals surface area contributed by atoms with E-state index in [4.69, 9.17) is 4.52 Å². The van der Waals surface area contributed by atoms with Gasteiger partial charge in [-0.25, -0.2) is 0 Å². The molecule has 0 fully saturated rings. The summed E-state index contributed by atoms with van der Waals surface area (Å²) in [4.78, 5) is 4.37. The van der Waals surface area contributed by atoms with Crippen molar-refractivity contribution in [2.24, 2.45) is 0 Å². The standard InChI is InChI=1S/C15H19N7O/c1-3-4-8-14-17-15(23-19-14)10-16-12-6-5-7-13(9-12)22-11(2)18-20-21-22/h5-7,9,16H,3-4,8,10H2,1-2H3. The summed E-state index contributed by atoms with van der Waals surface area (Å²) in [6.45, 7) is 4.48. The summed E-state index contributed by atoms with van der Waals surface area (Å²) in [6, 6.07) is 7.83. The van der Waals surface area contributed by atoms with Gasteiger partial charge in [0.2, 0.25) is 5.89 Å². The van der Waals surface area contributed by atoms with E-state index in [0.717, 1.165) is 42.3 Å². The monoisotopic (exact) mass is 313 g/mol. The van der Waals surface area contributed by atoms with E-state index < -0.39 is 0 Å². The Balaban J connectivity index is 1.64. The Morgan fingerprint density at radius 3 is 3.00 bits per heavy atom. The Hall–Kier alpha value is -2.77. The molecule has 0 amide bonds. The maximum absolute atomic E-state index is 5.24. The van der Waals surface area contributed by atoms with Gasteiger partial charge in [-0.1, -0.05) is 24.6 Å². The van der Waals surface area contributed by atoms with Crippen molar-refractivity contribution in [2.45, 2.75) is 39.7 Å². The fraction of sp³-hybridized carbons (Fsp3) is 0.400. The minimum absolute atomic E-state index is 0.483. The number of aryl methyl sites for hydroxylation is 2. The van der Waals surface area contributed by atoms with Crippen LogP contribution in [0, 0.1) is 6.92 Å². The van der Waals surface area contributed by atoms with Gasteiger partial charge < -0.3 is 9.84 Å². The smallest absolute Gasteiger partial charge is 0.245 e. The largest absolute Gasteiger partial charge is 0.376 e. The van der Waals surface area contributed by atoms with Gasteiger partial charge in [0.15, 0.2) is 11.6 Å². The molecule has 2 heterocycles. The summed E-state index contributed by atoms with van der Waals surface area (Å²) >= 11 is 0. The number of hydrogen-bond acceptors (Lipinski definition) is 7. The molecule has 0 radical (unpaired) electrons. The number of nitrogens with one attached hydrogen (secondary N) is 1.